The predicted octanol–water partition coefficient (Wildman–Crippen LogP) is 4.92. The zero-order chi connectivity index (χ0) is 16.1. The molecule has 1 aliphatic carbocycles. The molecule has 4 heteroatoms. The van der Waals surface area contributed by atoms with Gasteiger partial charge in [0.2, 0.25) is 0 Å². The summed E-state index contributed by atoms with van der Waals surface area (Å²) in [6.07, 6.45) is 6.22. The van der Waals surface area contributed by atoms with Gasteiger partial charge in [-0.05, 0) is 67.0 Å². The van der Waals surface area contributed by atoms with Gasteiger partial charge in [0.05, 0.1) is 23.4 Å². The van der Waals surface area contributed by atoms with E-state index in [0.717, 1.165) is 54.5 Å². The molecule has 3 nitrogen and oxygen atoms in total. The lowest BCUT2D eigenvalue weighted by atomic mass is 10.0. The first-order valence-corrected chi connectivity index (χ1v) is 8.79. The minimum atomic E-state index is -0.0385. The Balaban J connectivity index is 1.49. The van der Waals surface area contributed by atoms with Crippen LogP contribution in [-0.2, 0) is 0 Å². The maximum Gasteiger partial charge on any atom is 0.128 e. The summed E-state index contributed by atoms with van der Waals surface area (Å²) >= 11 is 0. The van der Waals surface area contributed by atoms with Crippen LogP contribution < -0.4 is 4.90 Å². The Hall–Kier alpha value is -2.36. The molecule has 2 aliphatic rings. The molecule has 24 heavy (non-hydrogen) atoms. The van der Waals surface area contributed by atoms with Crippen LogP contribution in [0.5, 0.6) is 0 Å². The molecule has 1 saturated heterocycles. The molecule has 1 atom stereocenters. The maximum atomic E-state index is 14.4. The van der Waals surface area contributed by atoms with Gasteiger partial charge >= 0.3 is 0 Å². The minimum absolute atomic E-state index is 0.0385. The van der Waals surface area contributed by atoms with Gasteiger partial charge in [-0.3, -0.25) is 0 Å². The second-order valence-electron chi connectivity index (χ2n) is 7.01. The number of aromatic amines is 1. The van der Waals surface area contributed by atoms with Gasteiger partial charge in [0, 0.05) is 12.2 Å². The van der Waals surface area contributed by atoms with Gasteiger partial charge in [0.15, 0.2) is 0 Å². The van der Waals surface area contributed by atoms with Gasteiger partial charge in [-0.25, -0.2) is 9.37 Å². The summed E-state index contributed by atoms with van der Waals surface area (Å²) in [6, 6.07) is 12.5. The lowest BCUT2D eigenvalue weighted by Crippen LogP contribution is -2.22. The van der Waals surface area contributed by atoms with E-state index in [2.05, 4.69) is 39.1 Å². The summed E-state index contributed by atoms with van der Waals surface area (Å²) in [7, 11) is 0. The van der Waals surface area contributed by atoms with Crippen LogP contribution in [0.3, 0.4) is 0 Å². The lowest BCUT2D eigenvalue weighted by molar-refractivity contribution is 0.608. The molecule has 122 valence electrons. The topological polar surface area (TPSA) is 31.9 Å². The highest BCUT2D eigenvalue weighted by atomic mass is 19.1. The minimum Gasteiger partial charge on any atom is -0.364 e. The number of halogens is 1. The number of fused-ring (bicyclic) bond motifs is 1. The molecule has 0 spiro atoms. The van der Waals surface area contributed by atoms with Crippen molar-refractivity contribution >= 4 is 16.7 Å². The van der Waals surface area contributed by atoms with Crippen LogP contribution in [0.1, 0.15) is 48.8 Å². The van der Waals surface area contributed by atoms with Crippen LogP contribution in [-0.4, -0.2) is 16.5 Å². The van der Waals surface area contributed by atoms with Gasteiger partial charge in [-0.15, -0.1) is 0 Å². The first-order chi connectivity index (χ1) is 11.8. The second kappa shape index (κ2) is 5.33. The van der Waals surface area contributed by atoms with Gasteiger partial charge in [0.25, 0.3) is 0 Å². The Bertz CT molecular complexity index is 897. The number of rotatable bonds is 3. The number of hydrogen-bond donors (Lipinski definition) is 1. The second-order valence-corrected chi connectivity index (χ2v) is 7.01. The van der Waals surface area contributed by atoms with Crippen LogP contribution in [0, 0.1) is 5.82 Å². The maximum absolute atomic E-state index is 14.4. The fourth-order valence-electron chi connectivity index (χ4n) is 4.00. The van der Waals surface area contributed by atoms with E-state index in [1.807, 2.05) is 6.07 Å². The smallest absolute Gasteiger partial charge is 0.128 e. The third-order valence-electron chi connectivity index (χ3n) is 5.42. The monoisotopic (exact) mass is 321 g/mol. The quantitative estimate of drug-likeness (QED) is 0.742. The van der Waals surface area contributed by atoms with Crippen molar-refractivity contribution in [1.29, 1.82) is 0 Å². The Kier molecular flexibility index (Phi) is 3.12. The van der Waals surface area contributed by atoms with Gasteiger partial charge in [-0.1, -0.05) is 12.1 Å². The number of nitrogens with zero attached hydrogens (tertiary/aromatic N) is 2. The molecule has 0 unspecified atom stereocenters. The van der Waals surface area contributed by atoms with Crippen molar-refractivity contribution in [3.63, 3.8) is 0 Å². The highest BCUT2D eigenvalue weighted by Crippen LogP contribution is 2.43. The van der Waals surface area contributed by atoms with Crippen LogP contribution in [0.25, 0.3) is 11.0 Å². The lowest BCUT2D eigenvalue weighted by Gasteiger charge is -2.27. The Labute approximate surface area is 140 Å². The zero-order valence-electron chi connectivity index (χ0n) is 13.5. The molecule has 5 rings (SSSR count). The molecular formula is C20H20FN3. The Morgan fingerprint density at radius 2 is 2.00 bits per heavy atom. The number of benzene rings is 2. The predicted molar refractivity (Wildman–Crippen MR) is 93.8 cm³/mol. The standard InChI is InChI=1S/C20H20FN3/c21-17-11-15(6-7-16(17)13-3-4-13)24-9-1-2-20(24)14-5-8-18-19(10-14)23-12-22-18/h5-8,10-13,20H,1-4,9H2,(H,22,23)/t20-/m1/s1. The molecule has 3 aromatic rings. The molecule has 0 radical (unpaired) electrons. The van der Waals surface area contributed by atoms with Crippen molar-refractivity contribution in [3.8, 4) is 0 Å². The average molecular weight is 321 g/mol. The van der Waals surface area contributed by atoms with E-state index >= 15 is 0 Å². The molecule has 0 bridgehead atoms. The molecule has 1 aromatic heterocycles. The van der Waals surface area contributed by atoms with Crippen molar-refractivity contribution in [1.82, 2.24) is 9.97 Å². The number of H-pyrrole nitrogens is 1. The van der Waals surface area contributed by atoms with Crippen molar-refractivity contribution in [2.24, 2.45) is 0 Å². The van der Waals surface area contributed by atoms with Crippen molar-refractivity contribution in [3.05, 3.63) is 59.7 Å². The van der Waals surface area contributed by atoms with E-state index in [-0.39, 0.29) is 5.82 Å². The van der Waals surface area contributed by atoms with E-state index in [9.17, 15) is 4.39 Å². The molecule has 1 saturated carbocycles. The average Bonchev–Trinajstić information content (AvgIpc) is 3.13. The van der Waals surface area contributed by atoms with E-state index < -0.39 is 0 Å². The van der Waals surface area contributed by atoms with Gasteiger partial charge < -0.3 is 9.88 Å². The van der Waals surface area contributed by atoms with Crippen molar-refractivity contribution in [2.75, 3.05) is 11.4 Å². The molecular weight excluding hydrogens is 301 g/mol. The van der Waals surface area contributed by atoms with Crippen molar-refractivity contribution in [2.45, 2.75) is 37.6 Å². The summed E-state index contributed by atoms with van der Waals surface area (Å²) in [5.74, 6) is 0.416. The number of imidazole rings is 1. The first-order valence-electron chi connectivity index (χ1n) is 8.79. The molecule has 2 aromatic carbocycles. The van der Waals surface area contributed by atoms with E-state index in [0.29, 0.717) is 12.0 Å². The summed E-state index contributed by atoms with van der Waals surface area (Å²) in [6.45, 7) is 0.978. The zero-order valence-corrected chi connectivity index (χ0v) is 13.5. The third kappa shape index (κ3) is 2.29. The molecule has 0 amide bonds. The summed E-state index contributed by atoms with van der Waals surface area (Å²) in [4.78, 5) is 9.84. The fraction of sp³-hybridized carbons (Fsp3) is 0.350. The third-order valence-corrected chi connectivity index (χ3v) is 5.42. The molecule has 1 aliphatic heterocycles. The van der Waals surface area contributed by atoms with Gasteiger partial charge in [0.1, 0.15) is 5.82 Å². The van der Waals surface area contributed by atoms with E-state index in [1.165, 1.54) is 5.56 Å². The number of anilines is 1. The largest absolute Gasteiger partial charge is 0.364 e. The summed E-state index contributed by atoms with van der Waals surface area (Å²) in [5.41, 5.74) is 5.21. The van der Waals surface area contributed by atoms with Crippen LogP contribution in [0.15, 0.2) is 42.7 Å². The highest BCUT2D eigenvalue weighted by molar-refractivity contribution is 5.75. The Morgan fingerprint density at radius 1 is 1.08 bits per heavy atom. The van der Waals surface area contributed by atoms with Crippen molar-refractivity contribution < 1.29 is 4.39 Å². The van der Waals surface area contributed by atoms with Gasteiger partial charge in [-0.2, -0.15) is 0 Å². The van der Waals surface area contributed by atoms with E-state index in [4.69, 9.17) is 0 Å². The number of nitrogens with one attached hydrogen (secondary N) is 1. The summed E-state index contributed by atoms with van der Waals surface area (Å²) < 4.78 is 14.4. The Morgan fingerprint density at radius 3 is 2.83 bits per heavy atom. The number of hydrogen-bond acceptors (Lipinski definition) is 2. The van der Waals surface area contributed by atoms with Crippen LogP contribution in [0.2, 0.25) is 0 Å². The first kappa shape index (κ1) is 14.0. The SMILES string of the molecule is Fc1cc(N2CCC[C@@H]2c2ccc3[nH]cnc3c2)ccc1C1CC1. The highest BCUT2D eigenvalue weighted by Gasteiger charge is 2.29. The molecule has 2 heterocycles. The fourth-order valence-corrected chi connectivity index (χ4v) is 4.00. The molecule has 1 N–H and O–H groups in total. The summed E-state index contributed by atoms with van der Waals surface area (Å²) in [5, 5.41) is 0. The molecule has 2 fully saturated rings. The normalized spacial score (nSPS) is 20.9. The van der Waals surface area contributed by atoms with Crippen LogP contribution >= 0.6 is 0 Å². The number of aromatic nitrogens is 2. The van der Waals surface area contributed by atoms with Crippen LogP contribution in [0.4, 0.5) is 10.1 Å². The van der Waals surface area contributed by atoms with E-state index in [1.54, 1.807) is 12.4 Å².